The van der Waals surface area contributed by atoms with E-state index in [0.29, 0.717) is 5.92 Å². The minimum Gasteiger partial charge on any atom is -0.378 e. The van der Waals surface area contributed by atoms with E-state index in [2.05, 4.69) is 48.1 Å². The second kappa shape index (κ2) is 10.7. The first-order valence-corrected chi connectivity index (χ1v) is 11.3. The molecule has 0 radical (unpaired) electrons. The Kier molecular flexibility index (Phi) is 7.48. The molecule has 31 heavy (non-hydrogen) atoms. The molecule has 2 fully saturated rings. The van der Waals surface area contributed by atoms with Gasteiger partial charge in [0.05, 0.1) is 13.2 Å². The number of anilines is 3. The molecule has 0 aromatic carbocycles. The summed E-state index contributed by atoms with van der Waals surface area (Å²) in [6.07, 6.45) is 6.98. The molecule has 2 aromatic rings. The molecular formula is C22H34N8O. The average Bonchev–Trinajstić information content (AvgIpc) is 2.84. The van der Waals surface area contributed by atoms with Gasteiger partial charge in [-0.05, 0) is 44.3 Å². The second-order valence-corrected chi connectivity index (χ2v) is 8.37. The van der Waals surface area contributed by atoms with Crippen molar-refractivity contribution in [2.45, 2.75) is 19.3 Å². The van der Waals surface area contributed by atoms with Crippen LogP contribution >= 0.6 is 0 Å². The van der Waals surface area contributed by atoms with Gasteiger partial charge in [0.15, 0.2) is 0 Å². The summed E-state index contributed by atoms with van der Waals surface area (Å²) in [5, 5.41) is 3.09. The SMILES string of the molecule is CNc1cc(CC2CCN(CCN(C)c3nccc(N4CCOCC4)n3)CC2)ncn1. The first-order valence-electron chi connectivity index (χ1n) is 11.3. The molecule has 1 N–H and O–H groups in total. The van der Waals surface area contributed by atoms with E-state index >= 15 is 0 Å². The summed E-state index contributed by atoms with van der Waals surface area (Å²) in [5.74, 6) is 3.38. The number of piperidine rings is 1. The van der Waals surface area contributed by atoms with E-state index in [9.17, 15) is 0 Å². The van der Waals surface area contributed by atoms with Crippen LogP contribution in [0.3, 0.4) is 0 Å². The van der Waals surface area contributed by atoms with Gasteiger partial charge in [0.2, 0.25) is 5.95 Å². The molecule has 2 aliphatic rings. The number of likely N-dealkylation sites (N-methyl/N-ethyl adjacent to an activating group) is 1. The van der Waals surface area contributed by atoms with Crippen LogP contribution in [0.15, 0.2) is 24.7 Å². The maximum atomic E-state index is 5.45. The zero-order valence-electron chi connectivity index (χ0n) is 18.7. The van der Waals surface area contributed by atoms with Gasteiger partial charge in [-0.25, -0.2) is 15.0 Å². The normalized spacial score (nSPS) is 18.2. The fourth-order valence-electron chi connectivity index (χ4n) is 4.24. The van der Waals surface area contributed by atoms with Crippen LogP contribution in [0, 0.1) is 5.92 Å². The van der Waals surface area contributed by atoms with Gasteiger partial charge >= 0.3 is 0 Å². The molecule has 0 spiro atoms. The Morgan fingerprint density at radius 1 is 1.13 bits per heavy atom. The van der Waals surface area contributed by atoms with Gasteiger partial charge in [-0.2, -0.15) is 4.98 Å². The summed E-state index contributed by atoms with van der Waals surface area (Å²) < 4.78 is 5.45. The van der Waals surface area contributed by atoms with Crippen molar-refractivity contribution >= 4 is 17.6 Å². The van der Waals surface area contributed by atoms with Crippen molar-refractivity contribution in [2.24, 2.45) is 5.92 Å². The maximum Gasteiger partial charge on any atom is 0.227 e. The lowest BCUT2D eigenvalue weighted by Gasteiger charge is -2.33. The van der Waals surface area contributed by atoms with E-state index in [1.807, 2.05) is 19.3 Å². The van der Waals surface area contributed by atoms with E-state index in [4.69, 9.17) is 9.72 Å². The molecule has 9 nitrogen and oxygen atoms in total. The van der Waals surface area contributed by atoms with Crippen LogP contribution in [-0.2, 0) is 11.2 Å². The van der Waals surface area contributed by atoms with E-state index in [0.717, 1.165) is 82.2 Å². The van der Waals surface area contributed by atoms with E-state index in [-0.39, 0.29) is 0 Å². The summed E-state index contributed by atoms with van der Waals surface area (Å²) in [5.41, 5.74) is 1.13. The lowest BCUT2D eigenvalue weighted by Crippen LogP contribution is -2.40. The van der Waals surface area contributed by atoms with Crippen molar-refractivity contribution in [3.05, 3.63) is 30.4 Å². The van der Waals surface area contributed by atoms with Gasteiger partial charge in [-0.3, -0.25) is 0 Å². The highest BCUT2D eigenvalue weighted by Crippen LogP contribution is 2.22. The number of hydrogen-bond donors (Lipinski definition) is 1. The van der Waals surface area contributed by atoms with E-state index in [1.165, 1.54) is 12.8 Å². The van der Waals surface area contributed by atoms with Crippen LogP contribution in [0.5, 0.6) is 0 Å². The number of ether oxygens (including phenoxy) is 1. The summed E-state index contributed by atoms with van der Waals surface area (Å²) in [7, 11) is 3.98. The minimum absolute atomic E-state index is 0.696. The van der Waals surface area contributed by atoms with Crippen LogP contribution in [0.1, 0.15) is 18.5 Å². The average molecular weight is 427 g/mol. The Hall–Kier alpha value is -2.52. The fourth-order valence-corrected chi connectivity index (χ4v) is 4.24. The molecule has 0 saturated carbocycles. The topological polar surface area (TPSA) is 82.5 Å². The molecule has 0 atom stereocenters. The number of hydrogen-bond acceptors (Lipinski definition) is 9. The van der Waals surface area contributed by atoms with Gasteiger partial charge in [0.1, 0.15) is 18.0 Å². The van der Waals surface area contributed by atoms with Gasteiger partial charge in [-0.15, -0.1) is 0 Å². The predicted octanol–water partition coefficient (Wildman–Crippen LogP) is 1.54. The Labute approximate surface area is 184 Å². The number of rotatable bonds is 8. The summed E-state index contributed by atoms with van der Waals surface area (Å²) in [6, 6.07) is 4.05. The Morgan fingerprint density at radius 3 is 2.71 bits per heavy atom. The molecule has 0 amide bonds. The molecule has 4 heterocycles. The number of aromatic nitrogens is 4. The quantitative estimate of drug-likeness (QED) is 0.676. The van der Waals surface area contributed by atoms with Crippen molar-refractivity contribution in [3.63, 3.8) is 0 Å². The highest BCUT2D eigenvalue weighted by atomic mass is 16.5. The molecule has 168 valence electrons. The standard InChI is InChI=1S/C22H34N8O/c1-23-20-16-19(25-17-26-20)15-18-4-7-29(8-5-18)10-9-28(2)22-24-6-3-21(27-22)30-11-13-31-14-12-30/h3,6,16-18H,4-5,7-15H2,1-2H3,(H,23,25,26). The lowest BCUT2D eigenvalue weighted by atomic mass is 9.92. The Bertz CT molecular complexity index is 821. The highest BCUT2D eigenvalue weighted by Gasteiger charge is 2.21. The van der Waals surface area contributed by atoms with E-state index < -0.39 is 0 Å². The highest BCUT2D eigenvalue weighted by molar-refractivity contribution is 5.43. The molecule has 4 rings (SSSR count). The fraction of sp³-hybridized carbons (Fsp3) is 0.636. The zero-order chi connectivity index (χ0) is 21.5. The van der Waals surface area contributed by atoms with Crippen molar-refractivity contribution in [1.29, 1.82) is 0 Å². The van der Waals surface area contributed by atoms with Crippen molar-refractivity contribution in [2.75, 3.05) is 81.7 Å². The van der Waals surface area contributed by atoms with Gasteiger partial charge < -0.3 is 24.8 Å². The largest absolute Gasteiger partial charge is 0.378 e. The Morgan fingerprint density at radius 2 is 1.94 bits per heavy atom. The molecule has 9 heteroatoms. The van der Waals surface area contributed by atoms with Crippen LogP contribution in [-0.4, -0.2) is 91.4 Å². The molecule has 2 aromatic heterocycles. The predicted molar refractivity (Wildman–Crippen MR) is 123 cm³/mol. The number of likely N-dealkylation sites (tertiary alicyclic amines) is 1. The summed E-state index contributed by atoms with van der Waals surface area (Å²) >= 11 is 0. The van der Waals surface area contributed by atoms with Crippen molar-refractivity contribution < 1.29 is 4.74 Å². The van der Waals surface area contributed by atoms with Crippen molar-refractivity contribution in [1.82, 2.24) is 24.8 Å². The molecule has 2 saturated heterocycles. The van der Waals surface area contributed by atoms with E-state index in [1.54, 1.807) is 6.33 Å². The smallest absolute Gasteiger partial charge is 0.227 e. The van der Waals surface area contributed by atoms with Crippen LogP contribution < -0.4 is 15.1 Å². The number of morpholine rings is 1. The van der Waals surface area contributed by atoms with Crippen LogP contribution in [0.4, 0.5) is 17.6 Å². The Balaban J connectivity index is 1.22. The number of nitrogens with zero attached hydrogens (tertiary/aromatic N) is 7. The van der Waals surface area contributed by atoms with Gasteiger partial charge in [-0.1, -0.05) is 0 Å². The molecule has 0 unspecified atom stereocenters. The first kappa shape index (κ1) is 21.7. The molecule has 0 aliphatic carbocycles. The van der Waals surface area contributed by atoms with Crippen LogP contribution in [0.2, 0.25) is 0 Å². The molecule has 0 bridgehead atoms. The third kappa shape index (κ3) is 6.01. The maximum absolute atomic E-state index is 5.45. The second-order valence-electron chi connectivity index (χ2n) is 8.37. The first-order chi connectivity index (χ1) is 15.2. The van der Waals surface area contributed by atoms with Crippen LogP contribution in [0.25, 0.3) is 0 Å². The molecular weight excluding hydrogens is 392 g/mol. The zero-order valence-corrected chi connectivity index (χ0v) is 18.7. The summed E-state index contributed by atoms with van der Waals surface area (Å²) in [4.78, 5) is 24.9. The van der Waals surface area contributed by atoms with Crippen molar-refractivity contribution in [3.8, 4) is 0 Å². The molecule has 2 aliphatic heterocycles. The minimum atomic E-state index is 0.696. The monoisotopic (exact) mass is 426 g/mol. The van der Waals surface area contributed by atoms with Gasteiger partial charge in [0.25, 0.3) is 0 Å². The number of nitrogens with one attached hydrogen (secondary N) is 1. The van der Waals surface area contributed by atoms with Gasteiger partial charge in [0, 0.05) is 58.2 Å². The lowest BCUT2D eigenvalue weighted by molar-refractivity contribution is 0.122. The third-order valence-electron chi connectivity index (χ3n) is 6.24. The third-order valence-corrected chi connectivity index (χ3v) is 6.24. The summed E-state index contributed by atoms with van der Waals surface area (Å²) in [6.45, 7) is 7.54.